The molecule has 2 aromatic rings. The van der Waals surface area contributed by atoms with Gasteiger partial charge in [0.2, 0.25) is 0 Å². The number of benzene rings is 1. The van der Waals surface area contributed by atoms with E-state index in [1.807, 2.05) is 5.10 Å². The lowest BCUT2D eigenvalue weighted by molar-refractivity contribution is -0.141. The normalized spacial score (nSPS) is 12.2. The molecule has 0 saturated heterocycles. The van der Waals surface area contributed by atoms with Crippen LogP contribution in [0, 0.1) is 0 Å². The van der Waals surface area contributed by atoms with Crippen molar-refractivity contribution in [3.8, 4) is 5.75 Å². The van der Waals surface area contributed by atoms with E-state index in [0.717, 1.165) is 13.3 Å². The van der Waals surface area contributed by atoms with Crippen molar-refractivity contribution in [3.63, 3.8) is 0 Å². The zero-order chi connectivity index (χ0) is 15.8. The van der Waals surface area contributed by atoms with Crippen molar-refractivity contribution in [2.24, 2.45) is 12.0 Å². The van der Waals surface area contributed by atoms with Crippen molar-refractivity contribution >= 4 is 23.5 Å². The second kappa shape index (κ2) is 5.28. The monoisotopic (exact) mass is 319 g/mol. The number of aromatic amines is 1. The first-order chi connectivity index (χ1) is 9.70. The Morgan fingerprint density at radius 3 is 2.71 bits per heavy atom. The fourth-order valence-electron chi connectivity index (χ4n) is 1.64. The fraction of sp³-hybridized carbons (Fsp3) is 0.167. The van der Waals surface area contributed by atoms with Gasteiger partial charge in [0.15, 0.2) is 5.69 Å². The predicted octanol–water partition coefficient (Wildman–Crippen LogP) is 2.84. The highest BCUT2D eigenvalue weighted by Gasteiger charge is 2.37. The molecule has 1 aromatic carbocycles. The largest absolute Gasteiger partial charge is 0.506 e. The number of rotatable bonds is 2. The highest BCUT2D eigenvalue weighted by molar-refractivity contribution is 6.30. The summed E-state index contributed by atoms with van der Waals surface area (Å²) in [4.78, 5) is 15.4. The minimum absolute atomic E-state index is 0.0427. The van der Waals surface area contributed by atoms with Gasteiger partial charge in [-0.1, -0.05) is 11.6 Å². The summed E-state index contributed by atoms with van der Waals surface area (Å²) in [5, 5.41) is 11.7. The second-order valence-electron chi connectivity index (χ2n) is 4.15. The molecule has 0 aliphatic carbocycles. The zero-order valence-corrected chi connectivity index (χ0v) is 11.3. The van der Waals surface area contributed by atoms with Gasteiger partial charge in [-0.2, -0.15) is 13.2 Å². The molecule has 0 aliphatic rings. The number of aromatic hydroxyl groups is 1. The molecule has 9 heteroatoms. The highest BCUT2D eigenvalue weighted by Crippen LogP contribution is 2.31. The second-order valence-corrected chi connectivity index (χ2v) is 4.59. The first kappa shape index (κ1) is 15.2. The number of phenolic OH excluding ortho intramolecular Hbond substituents is 1. The van der Waals surface area contributed by atoms with Crippen LogP contribution in [0.15, 0.2) is 28.0 Å². The third-order valence-electron chi connectivity index (χ3n) is 2.64. The smallest absolute Gasteiger partial charge is 0.433 e. The molecule has 0 unspecified atom stereocenters. The molecule has 1 heterocycles. The Bertz CT molecular complexity index is 762. The van der Waals surface area contributed by atoms with Crippen LogP contribution in [0.4, 0.5) is 18.9 Å². The molecule has 112 valence electrons. The molecule has 0 atom stereocenters. The number of hydrogen-bond donors (Lipinski definition) is 2. The van der Waals surface area contributed by atoms with E-state index < -0.39 is 23.0 Å². The minimum Gasteiger partial charge on any atom is -0.506 e. The average molecular weight is 320 g/mol. The number of nitrogens with zero attached hydrogens (tertiary/aromatic N) is 2. The van der Waals surface area contributed by atoms with E-state index in [-0.39, 0.29) is 16.5 Å². The first-order valence-electron chi connectivity index (χ1n) is 5.59. The Balaban J connectivity index is 2.51. The van der Waals surface area contributed by atoms with Crippen LogP contribution in [0.1, 0.15) is 11.3 Å². The Morgan fingerprint density at radius 1 is 1.43 bits per heavy atom. The van der Waals surface area contributed by atoms with E-state index in [1.165, 1.54) is 18.2 Å². The van der Waals surface area contributed by atoms with E-state index in [4.69, 9.17) is 11.6 Å². The number of halogens is 4. The van der Waals surface area contributed by atoms with Crippen LogP contribution < -0.4 is 5.56 Å². The van der Waals surface area contributed by atoms with Gasteiger partial charge in [-0.25, -0.2) is 0 Å². The number of H-pyrrole nitrogens is 1. The predicted molar refractivity (Wildman–Crippen MR) is 71.4 cm³/mol. The molecule has 0 fully saturated rings. The molecule has 0 bridgehead atoms. The number of hydrogen-bond acceptors (Lipinski definition) is 3. The number of nitrogens with one attached hydrogen (secondary N) is 1. The van der Waals surface area contributed by atoms with Crippen molar-refractivity contribution in [1.82, 2.24) is 9.78 Å². The summed E-state index contributed by atoms with van der Waals surface area (Å²) < 4.78 is 39.1. The van der Waals surface area contributed by atoms with E-state index in [0.29, 0.717) is 4.68 Å². The molecular weight excluding hydrogens is 311 g/mol. The van der Waals surface area contributed by atoms with Gasteiger partial charge in [0.25, 0.3) is 5.56 Å². The number of aliphatic imine (C=N–C) groups is 1. The maximum absolute atomic E-state index is 12.8. The first-order valence-corrected chi connectivity index (χ1v) is 5.96. The van der Waals surface area contributed by atoms with Gasteiger partial charge in [-0.05, 0) is 18.2 Å². The third kappa shape index (κ3) is 3.10. The van der Waals surface area contributed by atoms with Crippen LogP contribution in [0.2, 0.25) is 5.02 Å². The van der Waals surface area contributed by atoms with Gasteiger partial charge in [0, 0.05) is 18.3 Å². The topological polar surface area (TPSA) is 70.4 Å². The highest BCUT2D eigenvalue weighted by atomic mass is 35.5. The SMILES string of the molecule is Cn1[nH]c(C(F)(F)F)c(C=Nc2cc(Cl)ccc2O)c1=O. The van der Waals surface area contributed by atoms with Crippen LogP contribution in [0.25, 0.3) is 0 Å². The van der Waals surface area contributed by atoms with Crippen molar-refractivity contribution in [2.75, 3.05) is 0 Å². The number of aryl methyl sites for hydroxylation is 1. The molecule has 5 nitrogen and oxygen atoms in total. The lowest BCUT2D eigenvalue weighted by Crippen LogP contribution is -2.15. The summed E-state index contributed by atoms with van der Waals surface area (Å²) in [5.74, 6) is -0.267. The Labute approximate surface area is 121 Å². The number of alkyl halides is 3. The lowest BCUT2D eigenvalue weighted by atomic mass is 10.2. The van der Waals surface area contributed by atoms with E-state index in [1.54, 1.807) is 0 Å². The molecule has 21 heavy (non-hydrogen) atoms. The summed E-state index contributed by atoms with van der Waals surface area (Å²) in [6, 6.07) is 3.90. The van der Waals surface area contributed by atoms with Gasteiger partial charge < -0.3 is 5.11 Å². The van der Waals surface area contributed by atoms with Crippen molar-refractivity contribution < 1.29 is 18.3 Å². The fourth-order valence-corrected chi connectivity index (χ4v) is 1.80. The summed E-state index contributed by atoms with van der Waals surface area (Å²) in [5.41, 5.74) is -2.78. The van der Waals surface area contributed by atoms with Gasteiger partial charge >= 0.3 is 6.18 Å². The Morgan fingerprint density at radius 2 is 2.10 bits per heavy atom. The lowest BCUT2D eigenvalue weighted by Gasteiger charge is -2.03. The molecule has 2 rings (SSSR count). The molecule has 0 radical (unpaired) electrons. The molecule has 0 saturated carbocycles. The maximum Gasteiger partial charge on any atom is 0.433 e. The Kier molecular flexibility index (Phi) is 3.82. The summed E-state index contributed by atoms with van der Waals surface area (Å²) >= 11 is 5.70. The number of aromatic nitrogens is 2. The van der Waals surface area contributed by atoms with Crippen molar-refractivity contribution in [1.29, 1.82) is 0 Å². The maximum atomic E-state index is 12.8. The summed E-state index contributed by atoms with van der Waals surface area (Å²) in [7, 11) is 1.16. The molecule has 0 spiro atoms. The summed E-state index contributed by atoms with van der Waals surface area (Å²) in [6.07, 6.45) is -3.98. The third-order valence-corrected chi connectivity index (χ3v) is 2.87. The van der Waals surface area contributed by atoms with Gasteiger partial charge in [0.05, 0.1) is 5.56 Å². The van der Waals surface area contributed by atoms with Gasteiger partial charge in [-0.3, -0.25) is 19.6 Å². The van der Waals surface area contributed by atoms with Crippen molar-refractivity contribution in [3.05, 3.63) is 44.8 Å². The zero-order valence-electron chi connectivity index (χ0n) is 10.6. The quantitative estimate of drug-likeness (QED) is 0.836. The Hall–Kier alpha value is -2.22. The summed E-state index contributed by atoms with van der Waals surface area (Å²) in [6.45, 7) is 0. The van der Waals surface area contributed by atoms with Crippen LogP contribution in [0.5, 0.6) is 5.75 Å². The minimum atomic E-state index is -4.72. The standard InChI is InChI=1S/C12H9ClF3N3O2/c1-19-11(21)7(10(18-19)12(14,15)16)5-17-8-4-6(13)2-3-9(8)20/h2-5,18,20H,1H3. The van der Waals surface area contributed by atoms with Gasteiger partial charge in [-0.15, -0.1) is 0 Å². The molecule has 0 aliphatic heterocycles. The van der Waals surface area contributed by atoms with E-state index >= 15 is 0 Å². The van der Waals surface area contributed by atoms with Crippen molar-refractivity contribution in [2.45, 2.75) is 6.18 Å². The molecular formula is C12H9ClF3N3O2. The average Bonchev–Trinajstić information content (AvgIpc) is 2.67. The molecule has 1 aromatic heterocycles. The number of phenols is 1. The van der Waals surface area contributed by atoms with E-state index in [9.17, 15) is 23.1 Å². The molecule has 0 amide bonds. The van der Waals surface area contributed by atoms with E-state index in [2.05, 4.69) is 4.99 Å². The van der Waals surface area contributed by atoms with Crippen LogP contribution in [-0.4, -0.2) is 21.1 Å². The van der Waals surface area contributed by atoms with Crippen LogP contribution >= 0.6 is 11.6 Å². The van der Waals surface area contributed by atoms with Crippen LogP contribution in [-0.2, 0) is 13.2 Å². The molecule has 2 N–H and O–H groups in total. The van der Waals surface area contributed by atoms with Gasteiger partial charge in [0.1, 0.15) is 11.4 Å². The van der Waals surface area contributed by atoms with Crippen LogP contribution in [0.3, 0.4) is 0 Å².